The van der Waals surface area contributed by atoms with Crippen LogP contribution in [0.1, 0.15) is 30.7 Å². The van der Waals surface area contributed by atoms with Crippen molar-refractivity contribution in [1.29, 1.82) is 0 Å². The number of hydrogen-bond donors (Lipinski definition) is 1. The third kappa shape index (κ3) is 3.82. The predicted octanol–water partition coefficient (Wildman–Crippen LogP) is 1.99. The van der Waals surface area contributed by atoms with Crippen LogP contribution in [-0.2, 0) is 27.1 Å². The molecular formula is C16H20FN3O3S. The number of benzene rings is 1. The number of ether oxygens (including phenoxy) is 1. The Hall–Kier alpha value is -1.77. The molecule has 1 saturated heterocycles. The van der Waals surface area contributed by atoms with E-state index >= 15 is 0 Å². The number of hydrogen-bond acceptors (Lipinski definition) is 4. The fourth-order valence-electron chi connectivity index (χ4n) is 2.97. The van der Waals surface area contributed by atoms with Gasteiger partial charge in [0.25, 0.3) is 0 Å². The molecule has 8 heteroatoms. The molecule has 0 unspecified atom stereocenters. The summed E-state index contributed by atoms with van der Waals surface area (Å²) in [5.74, 6) is -0.710. The van der Waals surface area contributed by atoms with Gasteiger partial charge in [0.05, 0.1) is 17.5 Å². The lowest BCUT2D eigenvalue weighted by atomic mass is 10.1. The van der Waals surface area contributed by atoms with E-state index in [0.29, 0.717) is 25.1 Å². The highest BCUT2D eigenvalue weighted by molar-refractivity contribution is 7.88. The maximum Gasteiger partial charge on any atom is 0.216 e. The number of aromatic nitrogens is 2. The predicted molar refractivity (Wildman–Crippen MR) is 87.2 cm³/mol. The summed E-state index contributed by atoms with van der Waals surface area (Å²) in [4.78, 5) is 0. The average molecular weight is 353 g/mol. The second-order valence-electron chi connectivity index (χ2n) is 5.77. The molecule has 2 atom stereocenters. The molecule has 2 heterocycles. The molecule has 0 radical (unpaired) electrons. The minimum absolute atomic E-state index is 0.263. The lowest BCUT2D eigenvalue weighted by Crippen LogP contribution is -2.38. The number of nitrogens with zero attached hydrogens (tertiary/aromatic N) is 2. The Balaban J connectivity index is 1.74. The third-order valence-corrected chi connectivity index (χ3v) is 5.38. The fourth-order valence-corrected chi connectivity index (χ4v) is 4.37. The van der Waals surface area contributed by atoms with Crippen LogP contribution in [0.5, 0.6) is 0 Å². The van der Waals surface area contributed by atoms with Crippen LogP contribution < -0.4 is 4.72 Å². The van der Waals surface area contributed by atoms with Crippen molar-refractivity contribution in [2.75, 3.05) is 6.61 Å². The zero-order chi connectivity index (χ0) is 17.2. The highest BCUT2D eigenvalue weighted by atomic mass is 32.2. The Bertz CT molecular complexity index is 806. The summed E-state index contributed by atoms with van der Waals surface area (Å²) in [6.45, 7) is 3.13. The molecule has 6 nitrogen and oxygen atoms in total. The second-order valence-corrected chi connectivity index (χ2v) is 7.52. The van der Waals surface area contributed by atoms with Crippen molar-refractivity contribution < 1.29 is 17.5 Å². The lowest BCUT2D eigenvalue weighted by Gasteiger charge is -2.20. The van der Waals surface area contributed by atoms with Gasteiger partial charge in [-0.2, -0.15) is 5.10 Å². The first-order valence-corrected chi connectivity index (χ1v) is 9.51. The molecular weight excluding hydrogens is 333 g/mol. The average Bonchev–Trinajstić information content (AvgIpc) is 3.14. The van der Waals surface area contributed by atoms with Crippen LogP contribution in [0.4, 0.5) is 4.39 Å². The summed E-state index contributed by atoms with van der Waals surface area (Å²) in [5, 5.41) is 4.21. The van der Waals surface area contributed by atoms with Gasteiger partial charge in [0.2, 0.25) is 10.0 Å². The van der Waals surface area contributed by atoms with E-state index in [-0.39, 0.29) is 17.9 Å². The third-order valence-electron chi connectivity index (χ3n) is 4.01. The van der Waals surface area contributed by atoms with Gasteiger partial charge < -0.3 is 4.74 Å². The summed E-state index contributed by atoms with van der Waals surface area (Å²) in [6.07, 6.45) is 1.90. The van der Waals surface area contributed by atoms with Crippen LogP contribution >= 0.6 is 0 Å². The van der Waals surface area contributed by atoms with Crippen molar-refractivity contribution >= 4 is 10.0 Å². The molecule has 0 aliphatic carbocycles. The van der Waals surface area contributed by atoms with E-state index in [1.54, 1.807) is 16.9 Å². The minimum atomic E-state index is -3.60. The van der Waals surface area contributed by atoms with Gasteiger partial charge in [-0.25, -0.2) is 17.5 Å². The molecule has 1 N–H and O–H groups in total. The van der Waals surface area contributed by atoms with Gasteiger partial charge in [0, 0.05) is 19.3 Å². The molecule has 2 aromatic rings. The number of sulfonamides is 1. The number of aryl methyl sites for hydroxylation is 1. The van der Waals surface area contributed by atoms with Crippen LogP contribution in [0.15, 0.2) is 36.5 Å². The minimum Gasteiger partial charge on any atom is -0.370 e. The standard InChI is InChI=1S/C16H20FN3O3S/c1-2-20-15(6-8-18-20)16-14(7-9-23-16)19-24(21,22)11-12-4-3-5-13(17)10-12/h3-6,8,10,14,16,19H,2,7,9,11H2,1H3/t14-,16-/m0/s1. The highest BCUT2D eigenvalue weighted by Gasteiger charge is 2.34. The molecule has 24 heavy (non-hydrogen) atoms. The van der Waals surface area contributed by atoms with E-state index in [4.69, 9.17) is 4.74 Å². The van der Waals surface area contributed by atoms with Gasteiger partial charge in [-0.3, -0.25) is 4.68 Å². The van der Waals surface area contributed by atoms with Crippen LogP contribution in [-0.4, -0.2) is 30.8 Å². The zero-order valence-corrected chi connectivity index (χ0v) is 14.2. The summed E-state index contributed by atoms with van der Waals surface area (Å²) in [6, 6.07) is 7.10. The maximum absolute atomic E-state index is 13.2. The second kappa shape index (κ2) is 7.00. The molecule has 0 spiro atoms. The summed E-state index contributed by atoms with van der Waals surface area (Å²) in [7, 11) is -3.60. The van der Waals surface area contributed by atoms with Crippen LogP contribution in [0.25, 0.3) is 0 Å². The Morgan fingerprint density at radius 1 is 1.42 bits per heavy atom. The first-order valence-electron chi connectivity index (χ1n) is 7.86. The quantitative estimate of drug-likeness (QED) is 0.862. The van der Waals surface area contributed by atoms with E-state index in [1.807, 2.05) is 13.0 Å². The topological polar surface area (TPSA) is 73.2 Å². The van der Waals surface area contributed by atoms with Crippen molar-refractivity contribution in [2.24, 2.45) is 0 Å². The fraction of sp³-hybridized carbons (Fsp3) is 0.438. The molecule has 1 fully saturated rings. The van der Waals surface area contributed by atoms with E-state index < -0.39 is 15.8 Å². The van der Waals surface area contributed by atoms with E-state index in [1.165, 1.54) is 18.2 Å². The van der Waals surface area contributed by atoms with Gasteiger partial charge >= 0.3 is 0 Å². The van der Waals surface area contributed by atoms with E-state index in [9.17, 15) is 12.8 Å². The van der Waals surface area contributed by atoms with Crippen molar-refractivity contribution in [3.05, 3.63) is 53.6 Å². The Morgan fingerprint density at radius 2 is 2.25 bits per heavy atom. The van der Waals surface area contributed by atoms with Crippen molar-refractivity contribution in [2.45, 2.75) is 37.8 Å². The van der Waals surface area contributed by atoms with Crippen LogP contribution in [0.2, 0.25) is 0 Å². The zero-order valence-electron chi connectivity index (χ0n) is 13.4. The van der Waals surface area contributed by atoms with E-state index in [2.05, 4.69) is 9.82 Å². The normalized spacial score (nSPS) is 21.2. The molecule has 0 amide bonds. The number of halogens is 1. The van der Waals surface area contributed by atoms with Gasteiger partial charge in [-0.15, -0.1) is 0 Å². The van der Waals surface area contributed by atoms with Crippen LogP contribution in [0, 0.1) is 5.82 Å². The molecule has 0 saturated carbocycles. The van der Waals surface area contributed by atoms with Crippen molar-refractivity contribution in [3.63, 3.8) is 0 Å². The first kappa shape index (κ1) is 17.1. The highest BCUT2D eigenvalue weighted by Crippen LogP contribution is 2.29. The smallest absolute Gasteiger partial charge is 0.216 e. The van der Waals surface area contributed by atoms with Crippen molar-refractivity contribution in [3.8, 4) is 0 Å². The van der Waals surface area contributed by atoms with Crippen LogP contribution in [0.3, 0.4) is 0 Å². The summed E-state index contributed by atoms with van der Waals surface area (Å²) >= 11 is 0. The van der Waals surface area contributed by atoms with E-state index in [0.717, 1.165) is 5.69 Å². The lowest BCUT2D eigenvalue weighted by molar-refractivity contribution is 0.0951. The molecule has 130 valence electrons. The molecule has 1 aliphatic heterocycles. The molecule has 3 rings (SSSR count). The summed E-state index contributed by atoms with van der Waals surface area (Å²) < 4.78 is 48.3. The Kier molecular flexibility index (Phi) is 4.98. The van der Waals surface area contributed by atoms with Gasteiger partial charge in [0.15, 0.2) is 0 Å². The van der Waals surface area contributed by atoms with Gasteiger partial charge in [0.1, 0.15) is 11.9 Å². The number of rotatable bonds is 6. The monoisotopic (exact) mass is 353 g/mol. The Morgan fingerprint density at radius 3 is 3.00 bits per heavy atom. The summed E-state index contributed by atoms with van der Waals surface area (Å²) in [5.41, 5.74) is 1.27. The van der Waals surface area contributed by atoms with Crippen molar-refractivity contribution in [1.82, 2.24) is 14.5 Å². The maximum atomic E-state index is 13.2. The van der Waals surface area contributed by atoms with Gasteiger partial charge in [-0.05, 0) is 37.1 Å². The van der Waals surface area contributed by atoms with Gasteiger partial charge in [-0.1, -0.05) is 12.1 Å². The number of nitrogens with one attached hydrogen (secondary N) is 1. The first-order chi connectivity index (χ1) is 11.5. The SMILES string of the molecule is CCn1nccc1[C@H]1OCC[C@@H]1NS(=O)(=O)Cc1cccc(F)c1. The largest absolute Gasteiger partial charge is 0.370 e. The Labute approximate surface area is 140 Å². The molecule has 1 aromatic heterocycles. The molecule has 1 aromatic carbocycles. The molecule has 1 aliphatic rings. The molecule has 0 bridgehead atoms.